The van der Waals surface area contributed by atoms with Crippen LogP contribution in [0, 0.1) is 5.92 Å². The highest BCUT2D eigenvalue weighted by atomic mass is 32.2. The first-order valence-corrected chi connectivity index (χ1v) is 13.8. The van der Waals surface area contributed by atoms with Crippen LogP contribution in [0.1, 0.15) is 85.4 Å². The van der Waals surface area contributed by atoms with Crippen molar-refractivity contribution in [2.24, 2.45) is 5.92 Å². The molecule has 2 atom stereocenters. The van der Waals surface area contributed by atoms with E-state index >= 15 is 0 Å². The number of nitrogens with zero attached hydrogens (tertiary/aromatic N) is 2. The summed E-state index contributed by atoms with van der Waals surface area (Å²) in [5.41, 5.74) is 0.851. The second-order valence-corrected chi connectivity index (χ2v) is 12.6. The zero-order valence-electron chi connectivity index (χ0n) is 17.1. The van der Waals surface area contributed by atoms with E-state index in [0.29, 0.717) is 31.0 Å². The number of amides is 1. The smallest absolute Gasteiger partial charge is 0.254 e. The lowest BCUT2D eigenvalue weighted by molar-refractivity contribution is 0.0391. The quantitative estimate of drug-likeness (QED) is 0.710. The number of hydrogen-bond acceptors (Lipinski definition) is 4. The first-order valence-electron chi connectivity index (χ1n) is 11.4. The van der Waals surface area contributed by atoms with Gasteiger partial charge < -0.3 is 4.90 Å². The van der Waals surface area contributed by atoms with Crippen LogP contribution in [0.3, 0.4) is 0 Å². The molecule has 2 unspecified atom stereocenters. The lowest BCUT2D eigenvalue weighted by Crippen LogP contribution is -2.49. The Kier molecular flexibility index (Phi) is 5.50. The SMILES string of the molecule is O=C(c1csc(C2CCN(S(=O)(=O)C3CC3)CC2)c1)N1CCCC2CCCCC21. The van der Waals surface area contributed by atoms with Gasteiger partial charge in [0, 0.05) is 35.9 Å². The third-order valence-electron chi connectivity index (χ3n) is 7.53. The van der Waals surface area contributed by atoms with Crippen LogP contribution in [0.2, 0.25) is 0 Å². The standard InChI is InChI=1S/C22H32N2O3S2/c25-22(24-11-3-5-16-4-1-2-6-20(16)24)18-14-21(28-15-18)17-9-12-23(13-10-17)29(26,27)19-7-8-19/h14-17,19-20H,1-13H2. The molecule has 5 nitrogen and oxygen atoms in total. The lowest BCUT2D eigenvalue weighted by atomic mass is 9.78. The zero-order valence-corrected chi connectivity index (χ0v) is 18.7. The van der Waals surface area contributed by atoms with E-state index in [2.05, 4.69) is 11.0 Å². The topological polar surface area (TPSA) is 57.7 Å². The van der Waals surface area contributed by atoms with E-state index in [4.69, 9.17) is 0 Å². The Labute approximate surface area is 178 Å². The van der Waals surface area contributed by atoms with Gasteiger partial charge in [0.15, 0.2) is 0 Å². The Bertz CT molecular complexity index is 851. The molecule has 1 aromatic heterocycles. The van der Waals surface area contributed by atoms with E-state index in [9.17, 15) is 13.2 Å². The predicted molar refractivity (Wildman–Crippen MR) is 116 cm³/mol. The Balaban J connectivity index is 1.23. The number of thiophene rings is 1. The average molecular weight is 437 g/mol. The third-order valence-corrected chi connectivity index (χ3v) is 11.0. The minimum atomic E-state index is -3.05. The van der Waals surface area contributed by atoms with Crippen LogP contribution in [0.4, 0.5) is 0 Å². The van der Waals surface area contributed by atoms with Crippen molar-refractivity contribution in [3.05, 3.63) is 21.9 Å². The van der Waals surface area contributed by atoms with Crippen LogP contribution < -0.4 is 0 Å². The Morgan fingerprint density at radius 3 is 2.41 bits per heavy atom. The molecule has 0 aromatic carbocycles. The van der Waals surface area contributed by atoms with Crippen LogP contribution >= 0.6 is 11.3 Å². The molecule has 0 spiro atoms. The largest absolute Gasteiger partial charge is 0.335 e. The van der Waals surface area contributed by atoms with Gasteiger partial charge in [0.25, 0.3) is 5.91 Å². The summed E-state index contributed by atoms with van der Waals surface area (Å²) in [6, 6.07) is 2.55. The highest BCUT2D eigenvalue weighted by Gasteiger charge is 2.41. The first-order chi connectivity index (χ1) is 14.0. The van der Waals surface area contributed by atoms with Gasteiger partial charge in [0.05, 0.1) is 10.8 Å². The van der Waals surface area contributed by atoms with Crippen molar-refractivity contribution in [1.82, 2.24) is 9.21 Å². The number of fused-ring (bicyclic) bond motifs is 1. The maximum Gasteiger partial charge on any atom is 0.254 e. The van der Waals surface area contributed by atoms with Gasteiger partial charge in [-0.25, -0.2) is 12.7 Å². The second kappa shape index (κ2) is 7.97. The van der Waals surface area contributed by atoms with E-state index in [0.717, 1.165) is 44.2 Å². The van der Waals surface area contributed by atoms with Crippen LogP contribution in [0.25, 0.3) is 0 Å². The number of sulfonamides is 1. The van der Waals surface area contributed by atoms with Gasteiger partial charge >= 0.3 is 0 Å². The average Bonchev–Trinajstić information content (AvgIpc) is 3.51. The van der Waals surface area contributed by atoms with Crippen molar-refractivity contribution in [3.63, 3.8) is 0 Å². The van der Waals surface area contributed by atoms with Crippen molar-refractivity contribution in [2.75, 3.05) is 19.6 Å². The summed E-state index contributed by atoms with van der Waals surface area (Å²) >= 11 is 1.69. The summed E-state index contributed by atoms with van der Waals surface area (Å²) in [4.78, 5) is 16.7. The Morgan fingerprint density at radius 1 is 0.931 bits per heavy atom. The Hall–Kier alpha value is -0.920. The monoisotopic (exact) mass is 436 g/mol. The molecule has 3 heterocycles. The van der Waals surface area contributed by atoms with E-state index < -0.39 is 10.0 Å². The molecule has 1 amide bonds. The maximum atomic E-state index is 13.3. The van der Waals surface area contributed by atoms with Crippen LogP contribution in [-0.4, -0.2) is 54.5 Å². The summed E-state index contributed by atoms with van der Waals surface area (Å²) < 4.78 is 26.6. The number of rotatable bonds is 4. The number of likely N-dealkylation sites (tertiary alicyclic amines) is 1. The summed E-state index contributed by atoms with van der Waals surface area (Å²) in [6.07, 6.45) is 10.8. The first kappa shape index (κ1) is 20.0. The molecule has 2 aliphatic heterocycles. The number of carbonyl (C=O) groups is 1. The molecule has 0 N–H and O–H groups in total. The third kappa shape index (κ3) is 3.90. The maximum absolute atomic E-state index is 13.3. The number of hydrogen-bond donors (Lipinski definition) is 0. The van der Waals surface area contributed by atoms with Gasteiger partial charge in [-0.3, -0.25) is 4.79 Å². The van der Waals surface area contributed by atoms with Crippen molar-refractivity contribution in [2.45, 2.75) is 81.4 Å². The number of piperidine rings is 2. The summed E-state index contributed by atoms with van der Waals surface area (Å²) in [7, 11) is -3.05. The van der Waals surface area contributed by atoms with Gasteiger partial charge in [-0.05, 0) is 69.3 Å². The molecular weight excluding hydrogens is 404 g/mol. The predicted octanol–water partition coefficient (Wildman–Crippen LogP) is 4.21. The van der Waals surface area contributed by atoms with Crippen LogP contribution in [0.15, 0.2) is 11.4 Å². The fourth-order valence-corrected chi connectivity index (χ4v) is 8.62. The van der Waals surface area contributed by atoms with Crippen LogP contribution in [0.5, 0.6) is 0 Å². The fraction of sp³-hybridized carbons (Fsp3) is 0.773. The van der Waals surface area contributed by atoms with Crippen molar-refractivity contribution in [1.29, 1.82) is 0 Å². The summed E-state index contributed by atoms with van der Waals surface area (Å²) in [6.45, 7) is 2.16. The van der Waals surface area contributed by atoms with E-state index in [-0.39, 0.29) is 11.2 Å². The van der Waals surface area contributed by atoms with Gasteiger partial charge in [0.1, 0.15) is 0 Å². The molecule has 4 aliphatic rings. The summed E-state index contributed by atoms with van der Waals surface area (Å²) in [5, 5.41) is 1.93. The normalized spacial score (nSPS) is 29.6. The molecular formula is C22H32N2O3S2. The van der Waals surface area contributed by atoms with Gasteiger partial charge in [-0.15, -0.1) is 11.3 Å². The van der Waals surface area contributed by atoms with E-state index in [1.807, 2.05) is 5.38 Å². The number of carbonyl (C=O) groups excluding carboxylic acids is 1. The Morgan fingerprint density at radius 2 is 1.66 bits per heavy atom. The molecule has 5 rings (SSSR count). The minimum Gasteiger partial charge on any atom is -0.335 e. The lowest BCUT2D eigenvalue weighted by Gasteiger charge is -2.44. The second-order valence-electron chi connectivity index (χ2n) is 9.41. The molecule has 0 bridgehead atoms. The molecule has 2 saturated heterocycles. The summed E-state index contributed by atoms with van der Waals surface area (Å²) in [5.74, 6) is 1.31. The molecule has 29 heavy (non-hydrogen) atoms. The van der Waals surface area contributed by atoms with Crippen molar-refractivity contribution < 1.29 is 13.2 Å². The van der Waals surface area contributed by atoms with Crippen LogP contribution in [-0.2, 0) is 10.0 Å². The highest BCUT2D eigenvalue weighted by Crippen LogP contribution is 2.39. The molecule has 2 aliphatic carbocycles. The molecule has 2 saturated carbocycles. The van der Waals surface area contributed by atoms with E-state index in [1.54, 1.807) is 15.6 Å². The van der Waals surface area contributed by atoms with Crippen molar-refractivity contribution in [3.8, 4) is 0 Å². The van der Waals surface area contributed by atoms with Crippen molar-refractivity contribution >= 4 is 27.3 Å². The van der Waals surface area contributed by atoms with E-state index in [1.165, 1.54) is 37.0 Å². The molecule has 7 heteroatoms. The van der Waals surface area contributed by atoms with Gasteiger partial charge in [0.2, 0.25) is 10.0 Å². The molecule has 160 valence electrons. The minimum absolute atomic E-state index is 0.113. The molecule has 4 fully saturated rings. The molecule has 0 radical (unpaired) electrons. The highest BCUT2D eigenvalue weighted by molar-refractivity contribution is 7.90. The zero-order chi connectivity index (χ0) is 20.0. The fourth-order valence-electron chi connectivity index (χ4n) is 5.69. The van der Waals surface area contributed by atoms with Gasteiger partial charge in [-0.1, -0.05) is 12.8 Å². The van der Waals surface area contributed by atoms with Gasteiger partial charge in [-0.2, -0.15) is 0 Å². The molecule has 1 aromatic rings.